The average molecular weight is 183 g/mol. The molecule has 0 aromatic heterocycles. The molecule has 0 amide bonds. The molecule has 0 bridgehead atoms. The molecule has 1 saturated heterocycles. The minimum atomic E-state index is -0.555. The lowest BCUT2D eigenvalue weighted by atomic mass is 9.84. The van der Waals surface area contributed by atoms with Gasteiger partial charge in [-0.1, -0.05) is 0 Å². The molecule has 13 heavy (non-hydrogen) atoms. The van der Waals surface area contributed by atoms with Crippen molar-refractivity contribution in [1.29, 1.82) is 0 Å². The molecule has 2 rings (SSSR count). The van der Waals surface area contributed by atoms with E-state index >= 15 is 0 Å². The standard InChI is InChI=1S/C10H17NO2/c11-10(3-5-13-6-4-10)9(12)7-8-1-2-8/h8H,1-7,11H2. The van der Waals surface area contributed by atoms with E-state index in [0.29, 0.717) is 38.4 Å². The summed E-state index contributed by atoms with van der Waals surface area (Å²) in [5.41, 5.74) is 5.49. The molecule has 0 aromatic rings. The van der Waals surface area contributed by atoms with Gasteiger partial charge in [-0.3, -0.25) is 4.79 Å². The second kappa shape index (κ2) is 3.39. The monoisotopic (exact) mass is 183 g/mol. The molecule has 2 N–H and O–H groups in total. The van der Waals surface area contributed by atoms with Gasteiger partial charge in [0.05, 0.1) is 5.54 Å². The van der Waals surface area contributed by atoms with Crippen LogP contribution < -0.4 is 5.73 Å². The summed E-state index contributed by atoms with van der Waals surface area (Å²) in [4.78, 5) is 11.8. The molecule has 0 unspecified atom stereocenters. The fourth-order valence-corrected chi connectivity index (χ4v) is 1.80. The fourth-order valence-electron chi connectivity index (χ4n) is 1.80. The largest absolute Gasteiger partial charge is 0.381 e. The smallest absolute Gasteiger partial charge is 0.153 e. The first-order chi connectivity index (χ1) is 6.21. The van der Waals surface area contributed by atoms with Gasteiger partial charge in [-0.2, -0.15) is 0 Å². The maximum Gasteiger partial charge on any atom is 0.153 e. The van der Waals surface area contributed by atoms with Gasteiger partial charge >= 0.3 is 0 Å². The summed E-state index contributed by atoms with van der Waals surface area (Å²) < 4.78 is 5.20. The molecule has 2 aliphatic rings. The van der Waals surface area contributed by atoms with E-state index < -0.39 is 5.54 Å². The quantitative estimate of drug-likeness (QED) is 0.706. The molecular weight excluding hydrogens is 166 g/mol. The maximum atomic E-state index is 11.8. The number of Topliss-reactive ketones (excluding diaryl/α,β-unsaturated/α-hetero) is 1. The molecule has 3 nitrogen and oxygen atoms in total. The van der Waals surface area contributed by atoms with Gasteiger partial charge in [0.15, 0.2) is 5.78 Å². The summed E-state index contributed by atoms with van der Waals surface area (Å²) in [5.74, 6) is 0.911. The lowest BCUT2D eigenvalue weighted by Gasteiger charge is -2.31. The Balaban J connectivity index is 1.90. The van der Waals surface area contributed by atoms with E-state index in [2.05, 4.69) is 0 Å². The summed E-state index contributed by atoms with van der Waals surface area (Å²) in [6.45, 7) is 1.29. The van der Waals surface area contributed by atoms with Crippen molar-refractivity contribution in [2.75, 3.05) is 13.2 Å². The number of hydrogen-bond acceptors (Lipinski definition) is 3. The number of nitrogens with two attached hydrogens (primary N) is 1. The predicted octanol–water partition coefficient (Wildman–Crippen LogP) is 0.863. The average Bonchev–Trinajstić information content (AvgIpc) is 2.89. The number of ketones is 1. The second-order valence-corrected chi connectivity index (χ2v) is 4.34. The third-order valence-electron chi connectivity index (χ3n) is 3.11. The van der Waals surface area contributed by atoms with Crippen LogP contribution in [0, 0.1) is 5.92 Å². The van der Waals surface area contributed by atoms with Crippen molar-refractivity contribution in [2.24, 2.45) is 11.7 Å². The van der Waals surface area contributed by atoms with Crippen LogP contribution in [0.4, 0.5) is 0 Å². The number of carbonyl (C=O) groups is 1. The van der Waals surface area contributed by atoms with E-state index in [4.69, 9.17) is 10.5 Å². The van der Waals surface area contributed by atoms with E-state index in [9.17, 15) is 4.79 Å². The molecular formula is C10H17NO2. The Hall–Kier alpha value is -0.410. The van der Waals surface area contributed by atoms with Crippen molar-refractivity contribution >= 4 is 5.78 Å². The summed E-state index contributed by atoms with van der Waals surface area (Å²) in [5, 5.41) is 0. The van der Waals surface area contributed by atoms with Crippen LogP contribution in [0.15, 0.2) is 0 Å². The molecule has 3 heteroatoms. The van der Waals surface area contributed by atoms with Crippen molar-refractivity contribution in [2.45, 2.75) is 37.6 Å². The van der Waals surface area contributed by atoms with Crippen LogP contribution in [0.1, 0.15) is 32.1 Å². The first-order valence-electron chi connectivity index (χ1n) is 5.11. The molecule has 2 fully saturated rings. The first-order valence-corrected chi connectivity index (χ1v) is 5.11. The lowest BCUT2D eigenvalue weighted by Crippen LogP contribution is -2.52. The topological polar surface area (TPSA) is 52.3 Å². The van der Waals surface area contributed by atoms with Gasteiger partial charge in [0.1, 0.15) is 0 Å². The molecule has 0 radical (unpaired) electrons. The predicted molar refractivity (Wildman–Crippen MR) is 49.3 cm³/mol. The van der Waals surface area contributed by atoms with Gasteiger partial charge in [-0.25, -0.2) is 0 Å². The Morgan fingerprint density at radius 3 is 2.54 bits per heavy atom. The third-order valence-corrected chi connectivity index (χ3v) is 3.11. The molecule has 74 valence electrons. The zero-order valence-corrected chi connectivity index (χ0v) is 7.92. The summed E-state index contributed by atoms with van der Waals surface area (Å²) >= 11 is 0. The third kappa shape index (κ3) is 2.09. The first kappa shape index (κ1) is 9.16. The van der Waals surface area contributed by atoms with Crippen LogP contribution in [-0.2, 0) is 9.53 Å². The van der Waals surface area contributed by atoms with Gasteiger partial charge < -0.3 is 10.5 Å². The fraction of sp³-hybridized carbons (Fsp3) is 0.900. The molecule has 0 atom stereocenters. The highest BCUT2D eigenvalue weighted by molar-refractivity contribution is 5.88. The highest BCUT2D eigenvalue weighted by atomic mass is 16.5. The van der Waals surface area contributed by atoms with E-state index in [1.807, 2.05) is 0 Å². The Kier molecular flexibility index (Phi) is 2.39. The van der Waals surface area contributed by atoms with Gasteiger partial charge in [-0.05, 0) is 31.6 Å². The van der Waals surface area contributed by atoms with E-state index in [0.717, 1.165) is 0 Å². The van der Waals surface area contributed by atoms with E-state index in [-0.39, 0.29) is 5.78 Å². The van der Waals surface area contributed by atoms with Crippen molar-refractivity contribution in [3.8, 4) is 0 Å². The van der Waals surface area contributed by atoms with Crippen molar-refractivity contribution < 1.29 is 9.53 Å². The van der Waals surface area contributed by atoms with Crippen LogP contribution in [0.2, 0.25) is 0 Å². The van der Waals surface area contributed by atoms with Crippen LogP contribution in [0.3, 0.4) is 0 Å². The minimum Gasteiger partial charge on any atom is -0.381 e. The van der Waals surface area contributed by atoms with Gasteiger partial charge in [0.2, 0.25) is 0 Å². The number of hydrogen-bond donors (Lipinski definition) is 1. The highest BCUT2D eigenvalue weighted by Crippen LogP contribution is 2.35. The maximum absolute atomic E-state index is 11.8. The number of rotatable bonds is 3. The SMILES string of the molecule is NC1(C(=O)CC2CC2)CCOCC1. The number of ether oxygens (including phenoxy) is 1. The van der Waals surface area contributed by atoms with Gasteiger partial charge in [0.25, 0.3) is 0 Å². The normalized spacial score (nSPS) is 27.2. The molecule has 1 saturated carbocycles. The van der Waals surface area contributed by atoms with Gasteiger partial charge in [-0.15, -0.1) is 0 Å². The Morgan fingerprint density at radius 2 is 2.00 bits per heavy atom. The van der Waals surface area contributed by atoms with Crippen LogP contribution in [0.25, 0.3) is 0 Å². The van der Waals surface area contributed by atoms with Crippen molar-refractivity contribution in [1.82, 2.24) is 0 Å². The zero-order valence-electron chi connectivity index (χ0n) is 7.92. The molecule has 0 aromatic carbocycles. The molecule has 1 aliphatic carbocycles. The molecule has 1 aliphatic heterocycles. The summed E-state index contributed by atoms with van der Waals surface area (Å²) in [6, 6.07) is 0. The van der Waals surface area contributed by atoms with Crippen LogP contribution >= 0.6 is 0 Å². The van der Waals surface area contributed by atoms with Crippen LogP contribution in [-0.4, -0.2) is 24.5 Å². The summed E-state index contributed by atoms with van der Waals surface area (Å²) in [6.07, 6.45) is 4.56. The molecule has 1 heterocycles. The van der Waals surface area contributed by atoms with E-state index in [1.54, 1.807) is 0 Å². The van der Waals surface area contributed by atoms with Crippen LogP contribution in [0.5, 0.6) is 0 Å². The number of carbonyl (C=O) groups excluding carboxylic acids is 1. The Bertz CT molecular complexity index is 205. The highest BCUT2D eigenvalue weighted by Gasteiger charge is 2.38. The van der Waals surface area contributed by atoms with Crippen molar-refractivity contribution in [3.05, 3.63) is 0 Å². The minimum absolute atomic E-state index is 0.262. The summed E-state index contributed by atoms with van der Waals surface area (Å²) in [7, 11) is 0. The van der Waals surface area contributed by atoms with Crippen molar-refractivity contribution in [3.63, 3.8) is 0 Å². The van der Waals surface area contributed by atoms with Gasteiger partial charge in [0, 0.05) is 19.6 Å². The lowest BCUT2D eigenvalue weighted by molar-refractivity contribution is -0.127. The second-order valence-electron chi connectivity index (χ2n) is 4.34. The Morgan fingerprint density at radius 1 is 1.38 bits per heavy atom. The Labute approximate surface area is 78.6 Å². The molecule has 0 spiro atoms. The van der Waals surface area contributed by atoms with E-state index in [1.165, 1.54) is 12.8 Å². The zero-order chi connectivity index (χ0) is 9.31.